The summed E-state index contributed by atoms with van der Waals surface area (Å²) in [6, 6.07) is 5.02. The van der Waals surface area contributed by atoms with Crippen LogP contribution < -0.4 is 27.4 Å². The molecule has 1 aromatic rings. The molecule has 200 valence electrons. The lowest BCUT2D eigenvalue weighted by Gasteiger charge is -2.27. The highest BCUT2D eigenvalue weighted by Gasteiger charge is 2.31. The predicted molar refractivity (Wildman–Crippen MR) is 138 cm³/mol. The molecule has 0 saturated carbocycles. The van der Waals surface area contributed by atoms with Gasteiger partial charge < -0.3 is 32.5 Å². The minimum Gasteiger partial charge on any atom is -0.480 e. The number of aliphatic carboxylic acids is 1. The molecular weight excluding hydrogens is 486 g/mol. The first-order valence-electron chi connectivity index (χ1n) is 11.7. The summed E-state index contributed by atoms with van der Waals surface area (Å²) in [5, 5.41) is 17.0. The number of nitrogens with two attached hydrogens (primary N) is 2. The lowest BCUT2D eigenvalue weighted by atomic mass is 10.0. The topological polar surface area (TPSA) is 194 Å². The molecule has 4 atom stereocenters. The van der Waals surface area contributed by atoms with Gasteiger partial charge in [0.15, 0.2) is 0 Å². The van der Waals surface area contributed by atoms with Gasteiger partial charge in [-0.2, -0.15) is 11.8 Å². The first-order valence-corrected chi connectivity index (χ1v) is 13.1. The highest BCUT2D eigenvalue weighted by atomic mass is 32.2. The molecular formula is C24H37N5O6S. The number of amides is 4. The van der Waals surface area contributed by atoms with Gasteiger partial charge in [-0.3, -0.25) is 19.2 Å². The molecule has 1 rings (SSSR count). The smallest absolute Gasteiger partial charge is 0.326 e. The van der Waals surface area contributed by atoms with E-state index in [1.165, 1.54) is 11.8 Å². The molecule has 8 N–H and O–H groups in total. The molecule has 0 bridgehead atoms. The number of hydrogen-bond donors (Lipinski definition) is 6. The Hall–Kier alpha value is -3.12. The Morgan fingerprint density at radius 1 is 0.917 bits per heavy atom. The average molecular weight is 524 g/mol. The second-order valence-corrected chi connectivity index (χ2v) is 9.76. The van der Waals surface area contributed by atoms with Crippen molar-refractivity contribution in [1.29, 1.82) is 0 Å². The average Bonchev–Trinajstić information content (AvgIpc) is 2.82. The van der Waals surface area contributed by atoms with Crippen LogP contribution in [0.1, 0.15) is 38.7 Å². The van der Waals surface area contributed by atoms with Crippen molar-refractivity contribution in [2.45, 2.75) is 63.7 Å². The Bertz CT molecular complexity index is 898. The Morgan fingerprint density at radius 3 is 2.06 bits per heavy atom. The molecule has 0 aromatic heterocycles. The molecule has 4 amide bonds. The van der Waals surface area contributed by atoms with Crippen LogP contribution in [0.5, 0.6) is 0 Å². The van der Waals surface area contributed by atoms with Crippen LogP contribution in [0.25, 0.3) is 0 Å². The number of hydrogen-bond acceptors (Lipinski definition) is 7. The monoisotopic (exact) mass is 523 g/mol. The number of thioether (sulfide) groups is 1. The summed E-state index contributed by atoms with van der Waals surface area (Å²) in [6.07, 6.45) is 2.06. The molecule has 36 heavy (non-hydrogen) atoms. The van der Waals surface area contributed by atoms with Gasteiger partial charge in [0.05, 0.1) is 6.04 Å². The Labute approximate surface area is 215 Å². The third-order valence-corrected chi connectivity index (χ3v) is 6.06. The van der Waals surface area contributed by atoms with Crippen LogP contribution in [-0.4, -0.2) is 70.9 Å². The Balaban J connectivity index is 2.89. The molecule has 0 heterocycles. The molecule has 0 radical (unpaired) electrons. The predicted octanol–water partition coefficient (Wildman–Crippen LogP) is -0.230. The zero-order valence-corrected chi connectivity index (χ0v) is 21.7. The summed E-state index contributed by atoms with van der Waals surface area (Å²) >= 11 is 1.49. The summed E-state index contributed by atoms with van der Waals surface area (Å²) < 4.78 is 0. The fraction of sp³-hybridized carbons (Fsp3) is 0.542. The van der Waals surface area contributed by atoms with Gasteiger partial charge in [-0.25, -0.2) is 4.79 Å². The fourth-order valence-electron chi connectivity index (χ4n) is 3.34. The molecule has 0 aliphatic heterocycles. The lowest BCUT2D eigenvalue weighted by Crippen LogP contribution is -2.58. The largest absolute Gasteiger partial charge is 0.480 e. The molecule has 4 unspecified atom stereocenters. The van der Waals surface area contributed by atoms with Gasteiger partial charge >= 0.3 is 5.97 Å². The summed E-state index contributed by atoms with van der Waals surface area (Å²) in [6.45, 7) is 3.38. The molecule has 0 saturated heterocycles. The standard InChI is InChI=1S/C24H37N5O6S/c1-14(2)20(23(33)28-18(24(34)35)9-10-19(26)30)29-22(32)17(11-12-36-3)27-21(31)16(25)13-15-7-5-4-6-8-15/h4-8,14,16-18,20H,9-13,25H2,1-3H3,(H2,26,30)(H,27,31)(H,28,33)(H,29,32)(H,34,35). The van der Waals surface area contributed by atoms with Crippen LogP contribution in [0.3, 0.4) is 0 Å². The third-order valence-electron chi connectivity index (χ3n) is 5.42. The lowest BCUT2D eigenvalue weighted by molar-refractivity contribution is -0.143. The summed E-state index contributed by atoms with van der Waals surface area (Å²) in [5.41, 5.74) is 12.0. The van der Waals surface area contributed by atoms with Gasteiger partial charge in [0.1, 0.15) is 18.1 Å². The quantitative estimate of drug-likeness (QED) is 0.171. The van der Waals surface area contributed by atoms with Gasteiger partial charge in [0, 0.05) is 6.42 Å². The van der Waals surface area contributed by atoms with E-state index in [0.717, 1.165) is 5.56 Å². The van der Waals surface area contributed by atoms with Gasteiger partial charge in [-0.05, 0) is 42.8 Å². The number of nitrogens with one attached hydrogen (secondary N) is 3. The molecule has 0 aliphatic carbocycles. The molecule has 11 nitrogen and oxygen atoms in total. The number of carbonyl (C=O) groups excluding carboxylic acids is 4. The SMILES string of the molecule is CSCCC(NC(=O)C(N)Cc1ccccc1)C(=O)NC(C(=O)NC(CCC(N)=O)C(=O)O)C(C)C. The number of carboxylic acid groups (broad SMARTS) is 1. The van der Waals surface area contributed by atoms with Gasteiger partial charge in [-0.15, -0.1) is 0 Å². The summed E-state index contributed by atoms with van der Waals surface area (Å²) in [4.78, 5) is 61.1. The van der Waals surface area contributed by atoms with Crippen molar-refractivity contribution < 1.29 is 29.1 Å². The number of primary amides is 1. The minimum atomic E-state index is -1.34. The first kappa shape index (κ1) is 30.9. The van der Waals surface area contributed by atoms with E-state index in [-0.39, 0.29) is 12.8 Å². The van der Waals surface area contributed by atoms with E-state index in [4.69, 9.17) is 11.5 Å². The van der Waals surface area contributed by atoms with E-state index in [1.807, 2.05) is 36.6 Å². The molecule has 0 spiro atoms. The van der Waals surface area contributed by atoms with E-state index in [0.29, 0.717) is 18.6 Å². The van der Waals surface area contributed by atoms with Crippen LogP contribution in [0.2, 0.25) is 0 Å². The molecule has 0 aliphatic rings. The van der Waals surface area contributed by atoms with Crippen molar-refractivity contribution in [1.82, 2.24) is 16.0 Å². The van der Waals surface area contributed by atoms with Gasteiger partial charge in [0.25, 0.3) is 0 Å². The van der Waals surface area contributed by atoms with E-state index in [1.54, 1.807) is 13.8 Å². The number of benzene rings is 1. The van der Waals surface area contributed by atoms with E-state index in [2.05, 4.69) is 16.0 Å². The van der Waals surface area contributed by atoms with Crippen molar-refractivity contribution >= 4 is 41.4 Å². The minimum absolute atomic E-state index is 0.180. The van der Waals surface area contributed by atoms with E-state index >= 15 is 0 Å². The second kappa shape index (κ2) is 15.8. The number of carbonyl (C=O) groups is 5. The molecule has 0 fully saturated rings. The Kier molecular flexibility index (Phi) is 13.6. The molecule has 12 heteroatoms. The van der Waals surface area contributed by atoms with Crippen molar-refractivity contribution in [3.63, 3.8) is 0 Å². The molecule has 1 aromatic carbocycles. The maximum atomic E-state index is 13.1. The second-order valence-electron chi connectivity index (χ2n) is 8.77. The normalized spacial score (nSPS) is 14.2. The van der Waals surface area contributed by atoms with E-state index in [9.17, 15) is 29.1 Å². The number of rotatable bonds is 16. The third kappa shape index (κ3) is 11.1. The highest BCUT2D eigenvalue weighted by Crippen LogP contribution is 2.08. The van der Waals surface area contributed by atoms with Crippen molar-refractivity contribution in [3.8, 4) is 0 Å². The van der Waals surface area contributed by atoms with Crippen LogP contribution in [0.4, 0.5) is 0 Å². The van der Waals surface area contributed by atoms with E-state index < -0.39 is 59.7 Å². The zero-order chi connectivity index (χ0) is 27.3. The highest BCUT2D eigenvalue weighted by molar-refractivity contribution is 7.98. The summed E-state index contributed by atoms with van der Waals surface area (Å²) in [7, 11) is 0. The zero-order valence-electron chi connectivity index (χ0n) is 20.9. The van der Waals surface area contributed by atoms with Crippen molar-refractivity contribution in [3.05, 3.63) is 35.9 Å². The number of carboxylic acids is 1. The maximum Gasteiger partial charge on any atom is 0.326 e. The maximum absolute atomic E-state index is 13.1. The van der Waals surface area contributed by atoms with Crippen LogP contribution in [0, 0.1) is 5.92 Å². The van der Waals surface area contributed by atoms with Gasteiger partial charge in [0.2, 0.25) is 23.6 Å². The Morgan fingerprint density at radius 2 is 1.53 bits per heavy atom. The van der Waals surface area contributed by atoms with Gasteiger partial charge in [-0.1, -0.05) is 44.2 Å². The fourth-order valence-corrected chi connectivity index (χ4v) is 3.81. The van der Waals surface area contributed by atoms with Crippen molar-refractivity contribution in [2.24, 2.45) is 17.4 Å². The van der Waals surface area contributed by atoms with Crippen LogP contribution in [0.15, 0.2) is 30.3 Å². The first-order chi connectivity index (χ1) is 17.0. The van der Waals surface area contributed by atoms with Crippen LogP contribution >= 0.6 is 11.8 Å². The summed E-state index contributed by atoms with van der Waals surface area (Å²) in [5.74, 6) is -3.63. The van der Waals surface area contributed by atoms with Crippen molar-refractivity contribution in [2.75, 3.05) is 12.0 Å². The van der Waals surface area contributed by atoms with Crippen LogP contribution in [-0.2, 0) is 30.4 Å².